The van der Waals surface area contributed by atoms with Crippen molar-refractivity contribution >= 4 is 15.7 Å². The molecule has 18 heavy (non-hydrogen) atoms. The monoisotopic (exact) mass is 274 g/mol. The van der Waals surface area contributed by atoms with Crippen LogP contribution >= 0.6 is 0 Å². The summed E-state index contributed by atoms with van der Waals surface area (Å²) >= 11 is 0. The molecule has 0 atom stereocenters. The van der Waals surface area contributed by atoms with E-state index in [2.05, 4.69) is 0 Å². The van der Waals surface area contributed by atoms with Gasteiger partial charge in [0.05, 0.1) is 18.4 Å². The number of rotatable bonds is 6. The summed E-state index contributed by atoms with van der Waals surface area (Å²) in [6, 6.07) is 4.44. The van der Waals surface area contributed by atoms with Crippen LogP contribution in [-0.4, -0.2) is 27.7 Å². The maximum Gasteiger partial charge on any atom is 0.240 e. The van der Waals surface area contributed by atoms with Crippen molar-refractivity contribution in [3.8, 4) is 5.75 Å². The van der Waals surface area contributed by atoms with Crippen molar-refractivity contribution in [2.75, 3.05) is 18.9 Å². The van der Waals surface area contributed by atoms with E-state index in [9.17, 15) is 8.42 Å². The lowest BCUT2D eigenvalue weighted by Gasteiger charge is -2.12. The number of hydrogen-bond acceptors (Lipinski definition) is 5. The lowest BCUT2D eigenvalue weighted by atomic mass is 10.3. The first-order valence-corrected chi connectivity index (χ1v) is 7.02. The quantitative estimate of drug-likeness (QED) is 0.587. The predicted octanol–water partition coefficient (Wildman–Crippen LogP) is 0.720. The average molecular weight is 274 g/mol. The second kappa shape index (κ2) is 6.03. The van der Waals surface area contributed by atoms with E-state index in [1.54, 1.807) is 6.07 Å². The van der Waals surface area contributed by atoms with Crippen LogP contribution in [-0.2, 0) is 14.8 Å². The summed E-state index contributed by atoms with van der Waals surface area (Å²) in [5.74, 6) is 0.286. The van der Waals surface area contributed by atoms with E-state index in [0.29, 0.717) is 6.61 Å². The van der Waals surface area contributed by atoms with Crippen LogP contribution in [0.1, 0.15) is 13.8 Å². The van der Waals surface area contributed by atoms with Gasteiger partial charge in [0.15, 0.2) is 0 Å². The molecule has 0 fully saturated rings. The van der Waals surface area contributed by atoms with Crippen molar-refractivity contribution in [1.82, 2.24) is 0 Å². The molecule has 0 radical (unpaired) electrons. The standard InChI is InChI=1S/C11H18N2O4S/c1-8(2)16-6-7-17-9-4-3-5-10(11(9)12)18(13,14)15/h3-5,8H,6-7,12H2,1-2H3,(H2,13,14,15). The van der Waals surface area contributed by atoms with Gasteiger partial charge >= 0.3 is 0 Å². The minimum Gasteiger partial charge on any atom is -0.489 e. The molecule has 0 heterocycles. The van der Waals surface area contributed by atoms with E-state index >= 15 is 0 Å². The predicted molar refractivity (Wildman–Crippen MR) is 68.8 cm³/mol. The molecule has 102 valence electrons. The van der Waals surface area contributed by atoms with Crippen molar-refractivity contribution in [3.63, 3.8) is 0 Å². The van der Waals surface area contributed by atoms with Crippen LogP contribution in [0.4, 0.5) is 5.69 Å². The fourth-order valence-corrected chi connectivity index (χ4v) is 2.01. The fourth-order valence-electron chi connectivity index (χ4n) is 1.33. The van der Waals surface area contributed by atoms with Gasteiger partial charge in [-0.05, 0) is 26.0 Å². The van der Waals surface area contributed by atoms with E-state index < -0.39 is 10.0 Å². The van der Waals surface area contributed by atoms with Crippen LogP contribution in [0.2, 0.25) is 0 Å². The Hall–Kier alpha value is -1.31. The topological polar surface area (TPSA) is 105 Å². The van der Waals surface area contributed by atoms with Gasteiger partial charge in [-0.2, -0.15) is 0 Å². The summed E-state index contributed by atoms with van der Waals surface area (Å²) in [7, 11) is -3.84. The second-order valence-corrected chi connectivity index (χ2v) is 5.51. The van der Waals surface area contributed by atoms with Gasteiger partial charge in [0, 0.05) is 0 Å². The van der Waals surface area contributed by atoms with Crippen molar-refractivity contribution < 1.29 is 17.9 Å². The molecule has 0 aliphatic rings. The first-order valence-electron chi connectivity index (χ1n) is 5.48. The first-order chi connectivity index (χ1) is 8.32. The second-order valence-electron chi connectivity index (χ2n) is 3.98. The third-order valence-corrected chi connectivity index (χ3v) is 3.09. The number of anilines is 1. The normalized spacial score (nSPS) is 11.8. The Labute approximate surface area is 107 Å². The van der Waals surface area contributed by atoms with Crippen molar-refractivity contribution in [2.24, 2.45) is 5.14 Å². The van der Waals surface area contributed by atoms with Crippen LogP contribution in [0.3, 0.4) is 0 Å². The zero-order valence-electron chi connectivity index (χ0n) is 10.4. The smallest absolute Gasteiger partial charge is 0.240 e. The summed E-state index contributed by atoms with van der Waals surface area (Å²) in [6.45, 7) is 4.51. The van der Waals surface area contributed by atoms with Crippen molar-refractivity contribution in [2.45, 2.75) is 24.8 Å². The molecule has 6 nitrogen and oxygen atoms in total. The molecule has 0 spiro atoms. The summed E-state index contributed by atoms with van der Waals surface area (Å²) < 4.78 is 33.1. The molecule has 0 aliphatic heterocycles. The van der Waals surface area contributed by atoms with Crippen LogP contribution < -0.4 is 15.6 Å². The number of benzene rings is 1. The highest BCUT2D eigenvalue weighted by atomic mass is 32.2. The minimum absolute atomic E-state index is 0.0181. The highest BCUT2D eigenvalue weighted by molar-refractivity contribution is 7.89. The Morgan fingerprint density at radius 2 is 1.94 bits per heavy atom. The summed E-state index contributed by atoms with van der Waals surface area (Å²) in [4.78, 5) is -0.134. The molecule has 0 aliphatic carbocycles. The van der Waals surface area contributed by atoms with Crippen molar-refractivity contribution in [1.29, 1.82) is 0 Å². The van der Waals surface area contributed by atoms with Crippen LogP contribution in [0.15, 0.2) is 23.1 Å². The largest absolute Gasteiger partial charge is 0.489 e. The highest BCUT2D eigenvalue weighted by Gasteiger charge is 2.15. The van der Waals surface area contributed by atoms with Gasteiger partial charge < -0.3 is 15.2 Å². The number of nitrogen functional groups attached to an aromatic ring is 1. The molecular formula is C11H18N2O4S. The molecule has 0 amide bonds. The van der Waals surface area contributed by atoms with Crippen LogP contribution in [0.25, 0.3) is 0 Å². The summed E-state index contributed by atoms with van der Waals surface area (Å²) in [5.41, 5.74) is 5.70. The van der Waals surface area contributed by atoms with E-state index in [0.717, 1.165) is 0 Å². The molecule has 0 saturated carbocycles. The maximum atomic E-state index is 11.2. The molecule has 0 aromatic heterocycles. The molecule has 7 heteroatoms. The number of para-hydroxylation sites is 1. The van der Waals surface area contributed by atoms with Crippen molar-refractivity contribution in [3.05, 3.63) is 18.2 Å². The molecule has 4 N–H and O–H groups in total. The highest BCUT2D eigenvalue weighted by Crippen LogP contribution is 2.27. The number of hydrogen-bond donors (Lipinski definition) is 2. The Bertz CT molecular complexity index is 500. The zero-order valence-corrected chi connectivity index (χ0v) is 11.2. The molecule has 1 aromatic carbocycles. The van der Waals surface area contributed by atoms with E-state index in [1.807, 2.05) is 13.8 Å². The molecule has 1 rings (SSSR count). The molecule has 1 aromatic rings. The third-order valence-electron chi connectivity index (χ3n) is 2.12. The van der Waals surface area contributed by atoms with Gasteiger partial charge in [0.1, 0.15) is 17.3 Å². The SMILES string of the molecule is CC(C)OCCOc1cccc(S(N)(=O)=O)c1N. The fraction of sp³-hybridized carbons (Fsp3) is 0.455. The Kier molecular flexibility index (Phi) is 4.94. The van der Waals surface area contributed by atoms with Gasteiger partial charge in [-0.15, -0.1) is 0 Å². The Morgan fingerprint density at radius 3 is 2.50 bits per heavy atom. The van der Waals surface area contributed by atoms with Crippen LogP contribution in [0.5, 0.6) is 5.75 Å². The van der Waals surface area contributed by atoms with Gasteiger partial charge in [0.2, 0.25) is 10.0 Å². The number of sulfonamides is 1. The zero-order chi connectivity index (χ0) is 13.8. The molecule has 0 unspecified atom stereocenters. The lowest BCUT2D eigenvalue weighted by Crippen LogP contribution is -2.16. The van der Waals surface area contributed by atoms with Gasteiger partial charge in [-0.3, -0.25) is 0 Å². The van der Waals surface area contributed by atoms with Gasteiger partial charge in [0.25, 0.3) is 0 Å². The summed E-state index contributed by atoms with van der Waals surface area (Å²) in [5, 5.41) is 5.03. The van der Waals surface area contributed by atoms with Gasteiger partial charge in [-0.25, -0.2) is 13.6 Å². The van der Waals surface area contributed by atoms with Crippen LogP contribution in [0, 0.1) is 0 Å². The molecule has 0 saturated heterocycles. The number of nitrogens with two attached hydrogens (primary N) is 2. The van der Waals surface area contributed by atoms with E-state index in [1.165, 1.54) is 12.1 Å². The first kappa shape index (κ1) is 14.7. The average Bonchev–Trinajstić information content (AvgIpc) is 2.24. The van der Waals surface area contributed by atoms with E-state index in [-0.39, 0.29) is 29.0 Å². The molecular weight excluding hydrogens is 256 g/mol. The molecule has 0 bridgehead atoms. The van der Waals surface area contributed by atoms with Gasteiger partial charge in [-0.1, -0.05) is 6.07 Å². The number of primary sulfonamides is 1. The lowest BCUT2D eigenvalue weighted by molar-refractivity contribution is 0.0554. The Balaban J connectivity index is 2.73. The third kappa shape index (κ3) is 4.17. The number of ether oxygens (including phenoxy) is 2. The maximum absolute atomic E-state index is 11.2. The van der Waals surface area contributed by atoms with E-state index in [4.69, 9.17) is 20.3 Å². The summed E-state index contributed by atoms with van der Waals surface area (Å²) in [6.07, 6.45) is 0.113. The minimum atomic E-state index is -3.84. The Morgan fingerprint density at radius 1 is 1.28 bits per heavy atom.